The summed E-state index contributed by atoms with van der Waals surface area (Å²) in [4.78, 5) is 4.25. The third-order valence-corrected chi connectivity index (χ3v) is 4.10. The largest absolute Gasteiger partial charge is 0.361 e. The highest BCUT2D eigenvalue weighted by Crippen LogP contribution is 2.30. The molecule has 1 N–H and O–H groups in total. The summed E-state index contributed by atoms with van der Waals surface area (Å²) in [7, 11) is 0. The molecule has 0 fully saturated rings. The summed E-state index contributed by atoms with van der Waals surface area (Å²) in [6.07, 6.45) is -1.15. The third-order valence-electron chi connectivity index (χ3n) is 4.10. The van der Waals surface area contributed by atoms with Crippen LogP contribution in [0.25, 0.3) is 10.8 Å². The van der Waals surface area contributed by atoms with Crippen molar-refractivity contribution in [2.24, 2.45) is 0 Å². The molecule has 2 aromatic heterocycles. The van der Waals surface area contributed by atoms with Crippen LogP contribution >= 0.6 is 0 Å². The van der Waals surface area contributed by atoms with Crippen molar-refractivity contribution in [3.63, 3.8) is 0 Å². The number of anilines is 1. The highest BCUT2D eigenvalue weighted by molar-refractivity contribution is 5.92. The Labute approximate surface area is 170 Å². The van der Waals surface area contributed by atoms with E-state index in [1.165, 1.54) is 12.1 Å². The van der Waals surface area contributed by atoms with Crippen LogP contribution in [0.2, 0.25) is 0 Å². The van der Waals surface area contributed by atoms with Crippen LogP contribution in [0.3, 0.4) is 0 Å². The van der Waals surface area contributed by atoms with E-state index >= 15 is 0 Å². The van der Waals surface area contributed by atoms with Crippen LogP contribution in [0.5, 0.6) is 0 Å². The molecule has 0 saturated heterocycles. The van der Waals surface area contributed by atoms with Crippen LogP contribution in [0.15, 0.2) is 30.5 Å². The van der Waals surface area contributed by atoms with Crippen molar-refractivity contribution in [2.45, 2.75) is 60.9 Å². The van der Waals surface area contributed by atoms with Crippen LogP contribution in [0.4, 0.5) is 19.0 Å². The summed E-state index contributed by atoms with van der Waals surface area (Å²) >= 11 is 0. The average molecular weight is 406 g/mol. The molecule has 1 atom stereocenters. The van der Waals surface area contributed by atoms with Crippen LogP contribution < -0.4 is 5.32 Å². The van der Waals surface area contributed by atoms with Gasteiger partial charge in [0.2, 0.25) is 0 Å². The van der Waals surface area contributed by atoms with Crippen molar-refractivity contribution in [2.75, 3.05) is 5.32 Å². The smallest absolute Gasteiger partial charge is 0.266 e. The minimum atomic E-state index is -2.86. The number of nitrogens with one attached hydrogen (secondary N) is 1. The Morgan fingerprint density at radius 1 is 0.931 bits per heavy atom. The Hall–Kier alpha value is -2.70. The van der Waals surface area contributed by atoms with Gasteiger partial charge in [-0.25, -0.2) is 13.2 Å². The van der Waals surface area contributed by atoms with Gasteiger partial charge in [-0.2, -0.15) is 5.10 Å². The zero-order chi connectivity index (χ0) is 22.1. The number of hydrogen-bond acceptors (Lipinski definition) is 4. The Bertz CT molecular complexity index is 929. The molecule has 0 amide bonds. The fourth-order valence-corrected chi connectivity index (χ4v) is 2.74. The van der Waals surface area contributed by atoms with Crippen LogP contribution in [0, 0.1) is 19.7 Å². The van der Waals surface area contributed by atoms with Gasteiger partial charge in [0.1, 0.15) is 5.82 Å². The standard InChI is InChI=1S/C18H17F3N4.2C2H6/c1-9-7-14-15(8-22-9)11(3)24-25-18(14)23-10(2)12-5-4-6-13(16(12)19)17(20)21;2*1-2/h4-8,10,17H,1-3H3,(H,23,25);2*1-2H3. The van der Waals surface area contributed by atoms with E-state index in [4.69, 9.17) is 0 Å². The highest BCUT2D eigenvalue weighted by Gasteiger charge is 2.20. The lowest BCUT2D eigenvalue weighted by Gasteiger charge is -2.18. The third kappa shape index (κ3) is 5.65. The lowest BCUT2D eigenvalue weighted by Crippen LogP contribution is -2.12. The molecule has 4 nitrogen and oxygen atoms in total. The molecule has 1 aromatic carbocycles. The molecule has 3 rings (SSSR count). The number of fused-ring (bicyclic) bond motifs is 1. The van der Waals surface area contributed by atoms with Gasteiger partial charge in [-0.05, 0) is 26.8 Å². The number of halogens is 3. The number of nitrogens with zero attached hydrogens (tertiary/aromatic N) is 3. The molecule has 0 saturated carbocycles. The van der Waals surface area contributed by atoms with Crippen molar-refractivity contribution in [3.05, 3.63) is 58.8 Å². The minimum Gasteiger partial charge on any atom is -0.361 e. The van der Waals surface area contributed by atoms with Gasteiger partial charge in [-0.3, -0.25) is 4.98 Å². The first kappa shape index (κ1) is 24.3. The zero-order valence-corrected chi connectivity index (χ0v) is 18.0. The maximum atomic E-state index is 14.4. The van der Waals surface area contributed by atoms with E-state index < -0.39 is 23.8 Å². The number of aromatic nitrogens is 3. The monoisotopic (exact) mass is 406 g/mol. The molecule has 7 heteroatoms. The Morgan fingerprint density at radius 3 is 2.17 bits per heavy atom. The molecule has 0 aliphatic rings. The number of aryl methyl sites for hydroxylation is 2. The maximum absolute atomic E-state index is 14.4. The van der Waals surface area contributed by atoms with Crippen LogP contribution in [-0.4, -0.2) is 15.2 Å². The molecule has 0 bridgehead atoms. The van der Waals surface area contributed by atoms with Crippen molar-refractivity contribution in [1.29, 1.82) is 0 Å². The lowest BCUT2D eigenvalue weighted by molar-refractivity contribution is 0.146. The second kappa shape index (κ2) is 11.3. The number of hydrogen-bond donors (Lipinski definition) is 1. The molecular formula is C22H29F3N4. The first-order valence-electron chi connectivity index (χ1n) is 9.81. The summed E-state index contributed by atoms with van der Waals surface area (Å²) in [5.41, 5.74) is 1.08. The van der Waals surface area contributed by atoms with Gasteiger partial charge in [0.05, 0.1) is 17.3 Å². The Kier molecular flexibility index (Phi) is 9.51. The molecule has 0 aliphatic heterocycles. The van der Waals surface area contributed by atoms with Gasteiger partial charge < -0.3 is 5.32 Å². The van der Waals surface area contributed by atoms with Crippen molar-refractivity contribution < 1.29 is 13.2 Å². The van der Waals surface area contributed by atoms with Crippen molar-refractivity contribution >= 4 is 16.6 Å². The number of rotatable bonds is 4. The van der Waals surface area contributed by atoms with Crippen molar-refractivity contribution in [1.82, 2.24) is 15.2 Å². The summed E-state index contributed by atoms with van der Waals surface area (Å²) in [6, 6.07) is 5.29. The quantitative estimate of drug-likeness (QED) is 0.510. The van der Waals surface area contributed by atoms with Gasteiger partial charge in [0, 0.05) is 28.2 Å². The highest BCUT2D eigenvalue weighted by atomic mass is 19.3. The number of benzene rings is 1. The van der Waals surface area contributed by atoms with E-state index in [1.54, 1.807) is 13.1 Å². The van der Waals surface area contributed by atoms with E-state index in [1.807, 2.05) is 47.6 Å². The van der Waals surface area contributed by atoms with E-state index in [0.717, 1.165) is 28.2 Å². The molecule has 3 aromatic rings. The normalized spacial score (nSPS) is 11.3. The SMILES string of the molecule is CC.CC.Cc1cc2c(NC(C)c3cccc(C(F)F)c3F)nnc(C)c2cn1. The molecule has 0 aliphatic carbocycles. The van der Waals surface area contributed by atoms with Crippen LogP contribution in [0.1, 0.15) is 69.6 Å². The molecule has 0 radical (unpaired) electrons. The summed E-state index contributed by atoms with van der Waals surface area (Å²) in [5, 5.41) is 12.9. The molecule has 158 valence electrons. The van der Waals surface area contributed by atoms with Gasteiger partial charge in [0.25, 0.3) is 6.43 Å². The Morgan fingerprint density at radius 2 is 1.55 bits per heavy atom. The maximum Gasteiger partial charge on any atom is 0.266 e. The second-order valence-electron chi connectivity index (χ2n) is 5.92. The average Bonchev–Trinajstić information content (AvgIpc) is 2.73. The first-order chi connectivity index (χ1) is 13.9. The summed E-state index contributed by atoms with van der Waals surface area (Å²) < 4.78 is 40.2. The molecule has 0 spiro atoms. The molecular weight excluding hydrogens is 377 g/mol. The number of alkyl halides is 2. The fraction of sp³-hybridized carbons (Fsp3) is 0.409. The van der Waals surface area contributed by atoms with E-state index in [0.29, 0.717) is 5.82 Å². The topological polar surface area (TPSA) is 50.7 Å². The van der Waals surface area contributed by atoms with E-state index in [2.05, 4.69) is 20.5 Å². The molecule has 1 unspecified atom stereocenters. The number of pyridine rings is 1. The summed E-state index contributed by atoms with van der Waals surface area (Å²) in [5.74, 6) is -0.444. The predicted molar refractivity (Wildman–Crippen MR) is 113 cm³/mol. The van der Waals surface area contributed by atoms with Crippen molar-refractivity contribution in [3.8, 4) is 0 Å². The van der Waals surface area contributed by atoms with Gasteiger partial charge in [0.15, 0.2) is 5.82 Å². The Balaban J connectivity index is 0.000000989. The predicted octanol–water partition coefficient (Wildman–Crippen LogP) is 6.94. The van der Waals surface area contributed by atoms with E-state index in [9.17, 15) is 13.2 Å². The second-order valence-corrected chi connectivity index (χ2v) is 5.92. The summed E-state index contributed by atoms with van der Waals surface area (Å²) in [6.45, 7) is 13.4. The first-order valence-corrected chi connectivity index (χ1v) is 9.81. The fourth-order valence-electron chi connectivity index (χ4n) is 2.74. The zero-order valence-electron chi connectivity index (χ0n) is 18.0. The minimum absolute atomic E-state index is 0.152. The lowest BCUT2D eigenvalue weighted by atomic mass is 10.0. The van der Waals surface area contributed by atoms with E-state index in [-0.39, 0.29) is 5.56 Å². The van der Waals surface area contributed by atoms with Gasteiger partial charge in [-0.1, -0.05) is 45.9 Å². The molecule has 2 heterocycles. The molecule has 29 heavy (non-hydrogen) atoms. The van der Waals surface area contributed by atoms with Gasteiger partial charge in [-0.15, -0.1) is 5.10 Å². The van der Waals surface area contributed by atoms with Gasteiger partial charge >= 0.3 is 0 Å². The van der Waals surface area contributed by atoms with Crippen LogP contribution in [-0.2, 0) is 0 Å².